The number of piperazine rings is 1. The fourth-order valence-corrected chi connectivity index (χ4v) is 3.67. The number of guanidine groups is 1. The minimum Gasteiger partial charge on any atom is -0.379 e. The number of thiophene rings is 1. The van der Waals surface area contributed by atoms with Gasteiger partial charge in [-0.3, -0.25) is 4.99 Å². The highest BCUT2D eigenvalue weighted by Gasteiger charge is 2.20. The van der Waals surface area contributed by atoms with E-state index in [2.05, 4.69) is 37.6 Å². The molecule has 0 aromatic carbocycles. The fraction of sp³-hybridized carbons (Fsp3) is 0.667. The number of rotatable bonds is 7. The van der Waals surface area contributed by atoms with Crippen molar-refractivity contribution in [3.63, 3.8) is 0 Å². The van der Waals surface area contributed by atoms with Crippen LogP contribution in [0.5, 0.6) is 0 Å². The van der Waals surface area contributed by atoms with Crippen LogP contribution in [0.25, 0.3) is 0 Å². The molecule has 0 radical (unpaired) electrons. The smallest absolute Gasteiger partial charge is 0.193 e. The maximum absolute atomic E-state index is 11.0. The Morgan fingerprint density at radius 1 is 1.32 bits per heavy atom. The van der Waals surface area contributed by atoms with Crippen LogP contribution < -0.4 is 10.2 Å². The van der Waals surface area contributed by atoms with Gasteiger partial charge in [0.05, 0.1) is 24.0 Å². The van der Waals surface area contributed by atoms with Crippen molar-refractivity contribution in [3.05, 3.63) is 17.5 Å². The molecule has 7 nitrogen and oxygen atoms in total. The lowest BCUT2D eigenvalue weighted by Gasteiger charge is -2.37. The summed E-state index contributed by atoms with van der Waals surface area (Å²) in [6.45, 7) is 5.11. The number of hydrogen-bond donors (Lipinski definition) is 1. The van der Waals surface area contributed by atoms with Gasteiger partial charge in [0, 0.05) is 46.0 Å². The van der Waals surface area contributed by atoms with Crippen molar-refractivity contribution in [1.29, 1.82) is 0 Å². The average Bonchev–Trinajstić information content (AvgIpc) is 3.08. The van der Waals surface area contributed by atoms with Gasteiger partial charge in [-0.1, -0.05) is 0 Å². The molecule has 1 aliphatic rings. The van der Waals surface area contributed by atoms with Gasteiger partial charge in [-0.05, 0) is 17.5 Å². The zero-order valence-electron chi connectivity index (χ0n) is 14.7. The van der Waals surface area contributed by atoms with Crippen LogP contribution in [-0.4, -0.2) is 84.3 Å². The quantitative estimate of drug-likeness (QED) is 0.261. The van der Waals surface area contributed by atoms with Gasteiger partial charge >= 0.3 is 0 Å². The van der Waals surface area contributed by atoms with E-state index >= 15 is 0 Å². The molecule has 1 saturated heterocycles. The molecule has 1 aliphatic heterocycles. The topological polar surface area (TPSA) is 74.2 Å². The van der Waals surface area contributed by atoms with Gasteiger partial charge in [-0.25, -0.2) is 8.42 Å². The van der Waals surface area contributed by atoms with Crippen LogP contribution >= 0.6 is 35.3 Å². The Labute approximate surface area is 171 Å². The highest BCUT2D eigenvalue weighted by Crippen LogP contribution is 2.22. The molecule has 25 heavy (non-hydrogen) atoms. The van der Waals surface area contributed by atoms with E-state index in [0.717, 1.165) is 32.1 Å². The molecule has 1 aromatic rings. The highest BCUT2D eigenvalue weighted by atomic mass is 127. The van der Waals surface area contributed by atoms with Crippen LogP contribution in [0.15, 0.2) is 22.5 Å². The van der Waals surface area contributed by atoms with Crippen LogP contribution in [0.4, 0.5) is 5.00 Å². The first-order valence-corrected chi connectivity index (χ1v) is 10.9. The van der Waals surface area contributed by atoms with Gasteiger partial charge in [0.15, 0.2) is 5.96 Å². The summed E-state index contributed by atoms with van der Waals surface area (Å²) in [5.74, 6) is 0.930. The minimum absolute atomic E-state index is 0. The maximum Gasteiger partial charge on any atom is 0.193 e. The lowest BCUT2D eigenvalue weighted by molar-refractivity contribution is 0.153. The third-order valence-corrected chi connectivity index (χ3v) is 5.57. The van der Waals surface area contributed by atoms with Gasteiger partial charge in [0.2, 0.25) is 0 Å². The molecule has 144 valence electrons. The number of hydrogen-bond acceptors (Lipinski definition) is 6. The fourth-order valence-electron chi connectivity index (χ4n) is 2.47. The van der Waals surface area contributed by atoms with Crippen LogP contribution in [0, 0.1) is 0 Å². The predicted molar refractivity (Wildman–Crippen MR) is 115 cm³/mol. The minimum atomic E-state index is -2.95. The number of ether oxygens (including phenoxy) is 1. The largest absolute Gasteiger partial charge is 0.379 e. The van der Waals surface area contributed by atoms with Crippen molar-refractivity contribution in [3.8, 4) is 0 Å². The van der Waals surface area contributed by atoms with Crippen LogP contribution in [0.3, 0.4) is 0 Å². The Balaban J connectivity index is 0.00000312. The third kappa shape index (κ3) is 8.09. The molecular formula is C15H27IN4O3S2. The lowest BCUT2D eigenvalue weighted by Crippen LogP contribution is -2.52. The van der Waals surface area contributed by atoms with Crippen molar-refractivity contribution >= 4 is 56.1 Å². The molecule has 1 N–H and O–H groups in total. The summed E-state index contributed by atoms with van der Waals surface area (Å²) in [5, 5.41) is 6.69. The second-order valence-corrected chi connectivity index (χ2v) is 8.83. The monoisotopic (exact) mass is 502 g/mol. The zero-order valence-corrected chi connectivity index (χ0v) is 18.6. The summed E-state index contributed by atoms with van der Waals surface area (Å²) in [7, 11) is -1.18. The molecule has 2 rings (SSSR count). The molecule has 0 spiro atoms. The zero-order chi connectivity index (χ0) is 17.4. The van der Waals surface area contributed by atoms with Crippen molar-refractivity contribution < 1.29 is 13.2 Å². The summed E-state index contributed by atoms with van der Waals surface area (Å²) in [6.07, 6.45) is 1.21. The van der Waals surface area contributed by atoms with Gasteiger partial charge in [-0.2, -0.15) is 0 Å². The van der Waals surface area contributed by atoms with E-state index in [1.807, 2.05) is 0 Å². The van der Waals surface area contributed by atoms with Crippen molar-refractivity contribution in [2.24, 2.45) is 4.99 Å². The molecule has 0 unspecified atom stereocenters. The normalized spacial score (nSPS) is 15.8. The summed E-state index contributed by atoms with van der Waals surface area (Å²) in [6, 6.07) is 4.23. The van der Waals surface area contributed by atoms with Crippen LogP contribution in [0.1, 0.15) is 0 Å². The SMILES string of the molecule is CN=C(NCCOCCS(C)(=O)=O)N1CCN(c2cccs2)CC1.I. The van der Waals surface area contributed by atoms with E-state index in [4.69, 9.17) is 4.74 Å². The molecular weight excluding hydrogens is 475 g/mol. The van der Waals surface area contributed by atoms with E-state index in [0.29, 0.717) is 13.2 Å². The Morgan fingerprint density at radius 2 is 2.04 bits per heavy atom. The molecule has 1 fully saturated rings. The second kappa shape index (κ2) is 11.2. The van der Waals surface area contributed by atoms with Gasteiger partial charge in [-0.15, -0.1) is 35.3 Å². The molecule has 2 heterocycles. The van der Waals surface area contributed by atoms with E-state index in [1.165, 1.54) is 11.3 Å². The standard InChI is InChI=1S/C15H26N4O3S2.HI/c1-16-15(17-5-10-22-11-13-24(2,20)21)19-8-6-18(7-9-19)14-4-3-12-23-14;/h3-4,12H,5-11,13H2,1-2H3,(H,16,17);1H. The predicted octanol–water partition coefficient (Wildman–Crippen LogP) is 1.12. The molecule has 1 aromatic heterocycles. The second-order valence-electron chi connectivity index (χ2n) is 5.64. The van der Waals surface area contributed by atoms with E-state index < -0.39 is 9.84 Å². The maximum atomic E-state index is 11.0. The molecule has 0 bridgehead atoms. The number of nitrogens with zero attached hydrogens (tertiary/aromatic N) is 3. The van der Waals surface area contributed by atoms with E-state index in [9.17, 15) is 8.42 Å². The Hall–Kier alpha value is -0.590. The molecule has 0 saturated carbocycles. The van der Waals surface area contributed by atoms with Crippen molar-refractivity contribution in [2.45, 2.75) is 0 Å². The van der Waals surface area contributed by atoms with Crippen molar-refractivity contribution in [1.82, 2.24) is 10.2 Å². The molecule has 0 aliphatic carbocycles. The number of sulfone groups is 1. The van der Waals surface area contributed by atoms with Gasteiger partial charge in [0.25, 0.3) is 0 Å². The Morgan fingerprint density at radius 3 is 2.60 bits per heavy atom. The number of nitrogens with one attached hydrogen (secondary N) is 1. The highest BCUT2D eigenvalue weighted by molar-refractivity contribution is 14.0. The summed E-state index contributed by atoms with van der Waals surface area (Å²) in [4.78, 5) is 8.95. The Kier molecular flexibility index (Phi) is 10.1. The van der Waals surface area contributed by atoms with Crippen LogP contribution in [0.2, 0.25) is 0 Å². The number of anilines is 1. The van der Waals surface area contributed by atoms with E-state index in [-0.39, 0.29) is 36.3 Å². The van der Waals surface area contributed by atoms with Crippen molar-refractivity contribution in [2.75, 3.05) is 69.9 Å². The number of aliphatic imine (C=N–C) groups is 1. The first-order valence-electron chi connectivity index (χ1n) is 7.99. The molecule has 0 atom stereocenters. The first kappa shape index (κ1) is 22.5. The summed E-state index contributed by atoms with van der Waals surface area (Å²) in [5.41, 5.74) is 0. The van der Waals surface area contributed by atoms with Gasteiger partial charge in [0.1, 0.15) is 9.84 Å². The number of halogens is 1. The lowest BCUT2D eigenvalue weighted by atomic mass is 10.3. The Bertz CT molecular complexity index is 615. The molecule has 10 heteroatoms. The van der Waals surface area contributed by atoms with Crippen LogP contribution in [-0.2, 0) is 14.6 Å². The summed E-state index contributed by atoms with van der Waals surface area (Å²) >= 11 is 1.77. The molecule has 0 amide bonds. The average molecular weight is 502 g/mol. The summed E-state index contributed by atoms with van der Waals surface area (Å²) < 4.78 is 27.4. The third-order valence-electron chi connectivity index (χ3n) is 3.74. The van der Waals surface area contributed by atoms with Gasteiger partial charge < -0.3 is 19.9 Å². The first-order chi connectivity index (χ1) is 11.5. The van der Waals surface area contributed by atoms with E-state index in [1.54, 1.807) is 18.4 Å².